The van der Waals surface area contributed by atoms with E-state index in [0.717, 1.165) is 0 Å². The first-order valence-corrected chi connectivity index (χ1v) is 8.67. The molecule has 0 N–H and O–H groups in total. The van der Waals surface area contributed by atoms with Gasteiger partial charge in [-0.1, -0.05) is 17.5 Å². The molecule has 0 aliphatic heterocycles. The predicted molar refractivity (Wildman–Crippen MR) is 107 cm³/mol. The summed E-state index contributed by atoms with van der Waals surface area (Å²) in [5.74, 6) is 0.380. The van der Waals surface area contributed by atoms with Crippen LogP contribution in [0.4, 0.5) is 22.0 Å². The van der Waals surface area contributed by atoms with E-state index in [-0.39, 0.29) is 23.1 Å². The summed E-state index contributed by atoms with van der Waals surface area (Å²) in [6.07, 6.45) is 8.03. The zero-order valence-corrected chi connectivity index (χ0v) is 17.4. The lowest BCUT2D eigenvalue weighted by atomic mass is 10.2. The van der Waals surface area contributed by atoms with Crippen LogP contribution in [0.2, 0.25) is 5.02 Å². The molecule has 9 heteroatoms. The van der Waals surface area contributed by atoms with Crippen LogP contribution in [0.5, 0.6) is 5.75 Å². The molecule has 166 valence electrons. The van der Waals surface area contributed by atoms with Crippen LogP contribution in [0.15, 0.2) is 29.9 Å². The van der Waals surface area contributed by atoms with E-state index in [1.807, 2.05) is 19.8 Å². The molecule has 0 amide bonds. The third kappa shape index (κ3) is 12.7. The summed E-state index contributed by atoms with van der Waals surface area (Å²) < 4.78 is 68.4. The number of carbonyl (C=O) groups excluding carboxylic acids is 1. The highest BCUT2D eigenvalue weighted by Gasteiger charge is 2.14. The first kappa shape index (κ1) is 29.5. The Balaban J connectivity index is 0. The topological polar surface area (TPSA) is 35.5 Å². The monoisotopic (exact) mass is 452 g/mol. The summed E-state index contributed by atoms with van der Waals surface area (Å²) in [6.45, 7) is 1.06. The van der Waals surface area contributed by atoms with Gasteiger partial charge in [0.15, 0.2) is 17.8 Å². The Labute approximate surface area is 178 Å². The number of hydrogen-bond acceptors (Lipinski definition) is 3. The number of hydrogen-bond donors (Lipinski definition) is 0. The van der Waals surface area contributed by atoms with Gasteiger partial charge in [-0.2, -0.15) is 0 Å². The SMILES string of the molecule is C#CCC(F)C#C.CC(C)Oc1ccc(C(=O)OC/C(F)=C(/F)CF)cc1Cl.CF. The number of halogens is 6. The molecule has 1 rings (SSSR count). The molecule has 0 heterocycles. The number of terminal acetylenes is 2. The molecule has 0 bridgehead atoms. The van der Waals surface area contributed by atoms with Gasteiger partial charge in [-0.05, 0) is 32.0 Å². The smallest absolute Gasteiger partial charge is 0.338 e. The number of esters is 1. The maximum atomic E-state index is 12.9. The van der Waals surface area contributed by atoms with E-state index in [1.54, 1.807) is 0 Å². The lowest BCUT2D eigenvalue weighted by molar-refractivity contribution is 0.0516. The predicted octanol–water partition coefficient (Wildman–Crippen LogP) is 5.97. The Morgan fingerprint density at radius 3 is 2.20 bits per heavy atom. The Hall–Kier alpha value is -2.71. The van der Waals surface area contributed by atoms with Crippen molar-refractivity contribution in [3.05, 3.63) is 40.4 Å². The summed E-state index contributed by atoms with van der Waals surface area (Å²) in [4.78, 5) is 11.6. The minimum Gasteiger partial charge on any atom is -0.489 e. The Morgan fingerprint density at radius 2 is 1.80 bits per heavy atom. The largest absolute Gasteiger partial charge is 0.489 e. The molecule has 30 heavy (non-hydrogen) atoms. The zero-order valence-electron chi connectivity index (χ0n) is 16.7. The van der Waals surface area contributed by atoms with Gasteiger partial charge >= 0.3 is 5.97 Å². The minimum atomic E-state index is -1.60. The highest BCUT2D eigenvalue weighted by Crippen LogP contribution is 2.26. The number of ether oxygens (including phenoxy) is 2. The molecular formula is C21H22ClF5O3. The van der Waals surface area contributed by atoms with Gasteiger partial charge in [0, 0.05) is 0 Å². The molecule has 1 aromatic carbocycles. The van der Waals surface area contributed by atoms with Crippen molar-refractivity contribution in [1.82, 2.24) is 0 Å². The van der Waals surface area contributed by atoms with Crippen LogP contribution >= 0.6 is 11.6 Å². The highest BCUT2D eigenvalue weighted by molar-refractivity contribution is 6.32. The summed E-state index contributed by atoms with van der Waals surface area (Å²) >= 11 is 5.93. The van der Waals surface area contributed by atoms with Crippen LogP contribution in [0.25, 0.3) is 0 Å². The third-order valence-corrected chi connectivity index (χ3v) is 3.05. The molecule has 1 unspecified atom stereocenters. The molecule has 1 aromatic rings. The molecule has 1 atom stereocenters. The number of allylic oxidation sites excluding steroid dienone is 1. The first-order chi connectivity index (χ1) is 14.2. The second kappa shape index (κ2) is 17.2. The Kier molecular flexibility index (Phi) is 16.9. The van der Waals surface area contributed by atoms with Crippen LogP contribution in [-0.4, -0.2) is 38.7 Å². The van der Waals surface area contributed by atoms with Gasteiger partial charge in [0.25, 0.3) is 0 Å². The molecular weight excluding hydrogens is 431 g/mol. The Morgan fingerprint density at radius 1 is 1.20 bits per heavy atom. The average molecular weight is 453 g/mol. The van der Waals surface area contributed by atoms with Gasteiger partial charge in [0.2, 0.25) is 0 Å². The van der Waals surface area contributed by atoms with E-state index in [9.17, 15) is 26.7 Å². The highest BCUT2D eigenvalue weighted by atomic mass is 35.5. The third-order valence-electron chi connectivity index (χ3n) is 2.75. The molecule has 0 radical (unpaired) electrons. The van der Waals surface area contributed by atoms with Gasteiger partial charge in [0.05, 0.1) is 30.3 Å². The average Bonchev–Trinajstić information content (AvgIpc) is 2.74. The van der Waals surface area contributed by atoms with Crippen LogP contribution in [0, 0.1) is 24.7 Å². The van der Waals surface area contributed by atoms with Crippen molar-refractivity contribution < 1.29 is 36.2 Å². The number of benzene rings is 1. The lowest BCUT2D eigenvalue weighted by Crippen LogP contribution is -2.09. The molecule has 3 nitrogen and oxygen atoms in total. The number of carbonyl (C=O) groups is 1. The molecule has 0 aliphatic rings. The molecule has 0 spiro atoms. The maximum Gasteiger partial charge on any atom is 0.338 e. The zero-order chi connectivity index (χ0) is 23.7. The van der Waals surface area contributed by atoms with E-state index < -0.39 is 37.1 Å². The molecule has 0 fully saturated rings. The molecule has 0 aromatic heterocycles. The van der Waals surface area contributed by atoms with Gasteiger partial charge in [-0.15, -0.1) is 18.8 Å². The summed E-state index contributed by atoms with van der Waals surface area (Å²) in [5, 5.41) is 0.184. The molecule has 0 saturated carbocycles. The fraction of sp³-hybridized carbons (Fsp3) is 0.381. The van der Waals surface area contributed by atoms with Gasteiger partial charge < -0.3 is 9.47 Å². The van der Waals surface area contributed by atoms with Crippen molar-refractivity contribution in [2.75, 3.05) is 20.5 Å². The Bertz CT molecular complexity index is 767. The van der Waals surface area contributed by atoms with E-state index in [1.165, 1.54) is 18.2 Å². The fourth-order valence-corrected chi connectivity index (χ4v) is 1.73. The fourth-order valence-electron chi connectivity index (χ4n) is 1.50. The van der Waals surface area contributed by atoms with E-state index in [4.69, 9.17) is 22.8 Å². The second-order valence-electron chi connectivity index (χ2n) is 5.37. The summed E-state index contributed by atoms with van der Waals surface area (Å²) in [5.41, 5.74) is 0.0459. The molecule has 0 aliphatic carbocycles. The normalized spacial score (nSPS) is 11.3. The van der Waals surface area contributed by atoms with Crippen molar-refractivity contribution in [3.8, 4) is 30.4 Å². The van der Waals surface area contributed by atoms with Crippen molar-refractivity contribution in [1.29, 1.82) is 0 Å². The van der Waals surface area contributed by atoms with E-state index in [0.29, 0.717) is 12.9 Å². The van der Waals surface area contributed by atoms with Gasteiger partial charge in [-0.3, -0.25) is 4.39 Å². The van der Waals surface area contributed by atoms with Crippen molar-refractivity contribution in [2.45, 2.75) is 32.5 Å². The van der Waals surface area contributed by atoms with Crippen molar-refractivity contribution >= 4 is 17.6 Å². The van der Waals surface area contributed by atoms with Crippen molar-refractivity contribution in [3.63, 3.8) is 0 Å². The van der Waals surface area contributed by atoms with E-state index >= 15 is 0 Å². The van der Waals surface area contributed by atoms with Crippen molar-refractivity contribution in [2.24, 2.45) is 0 Å². The van der Waals surface area contributed by atoms with E-state index in [2.05, 4.69) is 17.1 Å². The summed E-state index contributed by atoms with van der Waals surface area (Å²) in [6, 6.07) is 4.13. The van der Waals surface area contributed by atoms with Gasteiger partial charge in [-0.25, -0.2) is 22.4 Å². The summed E-state index contributed by atoms with van der Waals surface area (Å²) in [7, 11) is 0.500. The van der Waals surface area contributed by atoms with Crippen LogP contribution in [0.3, 0.4) is 0 Å². The minimum absolute atomic E-state index is 0.0243. The van der Waals surface area contributed by atoms with Gasteiger partial charge in [0.1, 0.15) is 19.0 Å². The van der Waals surface area contributed by atoms with Crippen LogP contribution < -0.4 is 4.74 Å². The number of alkyl halides is 3. The van der Waals surface area contributed by atoms with Crippen LogP contribution in [0.1, 0.15) is 30.6 Å². The quantitative estimate of drug-likeness (QED) is 0.290. The number of rotatable bonds is 7. The van der Waals surface area contributed by atoms with Crippen LogP contribution in [-0.2, 0) is 4.74 Å². The second-order valence-corrected chi connectivity index (χ2v) is 5.78. The standard InChI is InChI=1S/C14H14ClF3O3.C6H5F.CH3F/c1-8(2)21-13-4-3-9(5-10(13)15)14(19)20-7-12(18)11(17)6-16;1-3-5-6(7)4-2;1-2/h3-5,8H,6-7H2,1-2H3;1-2,6H,5H2;1H3/b12-11-;;. The lowest BCUT2D eigenvalue weighted by Gasteiger charge is -2.12. The maximum absolute atomic E-state index is 12.9. The molecule has 0 saturated heterocycles. The first-order valence-electron chi connectivity index (χ1n) is 8.29.